The van der Waals surface area contributed by atoms with Crippen LogP contribution in [0.3, 0.4) is 0 Å². The first kappa shape index (κ1) is 27.1. The number of furan rings is 1. The molecule has 0 saturated heterocycles. The quantitative estimate of drug-likeness (QED) is 0.192. The Kier molecular flexibility index (Phi) is 5.60. The lowest BCUT2D eigenvalue weighted by Gasteiger charge is -2.11. The average molecular weight is 639 g/mol. The van der Waals surface area contributed by atoms with Gasteiger partial charge < -0.3 is 4.42 Å². The Morgan fingerprint density at radius 3 is 1.58 bits per heavy atom. The molecule has 0 N–H and O–H groups in total. The van der Waals surface area contributed by atoms with Gasteiger partial charge in [-0.25, -0.2) is 4.98 Å². The molecule has 5 heteroatoms. The van der Waals surface area contributed by atoms with E-state index in [1.165, 1.54) is 16.2 Å². The average Bonchev–Trinajstić information content (AvgIpc) is 3.74. The molecule has 11 rings (SSSR count). The van der Waals surface area contributed by atoms with E-state index in [1.54, 1.807) is 0 Å². The predicted octanol–water partition coefficient (Wildman–Crippen LogP) is 11.6. The molecule has 5 nitrogen and oxygen atoms in total. The molecule has 0 saturated carbocycles. The van der Waals surface area contributed by atoms with Gasteiger partial charge in [-0.3, -0.25) is 4.57 Å². The summed E-state index contributed by atoms with van der Waals surface area (Å²) in [6.45, 7) is 0. The van der Waals surface area contributed by atoms with Crippen LogP contribution in [0.4, 0.5) is 0 Å². The first-order valence-corrected chi connectivity index (χ1v) is 16.8. The van der Waals surface area contributed by atoms with Gasteiger partial charge in [0, 0.05) is 38.2 Å². The molecule has 0 radical (unpaired) electrons. The highest BCUT2D eigenvalue weighted by Gasteiger charge is 2.26. The molecule has 0 aliphatic rings. The molecule has 8 aromatic carbocycles. The zero-order valence-electron chi connectivity index (χ0n) is 26.7. The highest BCUT2D eigenvalue weighted by atomic mass is 16.3. The van der Waals surface area contributed by atoms with Gasteiger partial charge in [-0.2, -0.15) is 9.97 Å². The number of nitrogens with zero attached hydrogens (tertiary/aromatic N) is 4. The summed E-state index contributed by atoms with van der Waals surface area (Å²) in [4.78, 5) is 15.5. The third-order valence-corrected chi connectivity index (χ3v) is 10.0. The molecule has 0 aliphatic heterocycles. The summed E-state index contributed by atoms with van der Waals surface area (Å²) in [5.74, 6) is 1.81. The van der Waals surface area contributed by atoms with E-state index in [-0.39, 0.29) is 0 Å². The van der Waals surface area contributed by atoms with Crippen LogP contribution >= 0.6 is 0 Å². The molecule has 0 atom stereocenters. The molecule has 0 unspecified atom stereocenters. The Labute approximate surface area is 286 Å². The van der Waals surface area contributed by atoms with E-state index in [2.05, 4.69) is 102 Å². The van der Waals surface area contributed by atoms with Crippen LogP contribution in [-0.2, 0) is 0 Å². The van der Waals surface area contributed by atoms with E-state index in [4.69, 9.17) is 19.4 Å². The number of benzene rings is 7. The Morgan fingerprint density at radius 2 is 0.940 bits per heavy atom. The Hall–Kier alpha value is -6.85. The lowest BCUT2D eigenvalue weighted by Crippen LogP contribution is -2.06. The van der Waals surface area contributed by atoms with Crippen LogP contribution in [0.1, 0.15) is 0 Å². The van der Waals surface area contributed by atoms with Crippen molar-refractivity contribution in [2.45, 2.75) is 0 Å². The SMILES string of the molecule is c1ccc(-c2nc(-c3ccccc3)nc(-n3c4cccc5c6ccccc6c6cccc7oc8c(-c9ccccc9)cc3c(c8c76)c54)n2)cc1. The number of aromatic nitrogens is 4. The van der Waals surface area contributed by atoms with Gasteiger partial charge in [0.15, 0.2) is 11.6 Å². The van der Waals surface area contributed by atoms with Gasteiger partial charge in [-0.1, -0.05) is 140 Å². The van der Waals surface area contributed by atoms with E-state index in [0.717, 1.165) is 71.4 Å². The zero-order valence-corrected chi connectivity index (χ0v) is 26.7. The molecule has 0 bridgehead atoms. The lowest BCUT2D eigenvalue weighted by atomic mass is 9.92. The van der Waals surface area contributed by atoms with Crippen molar-refractivity contribution in [1.29, 1.82) is 0 Å². The summed E-state index contributed by atoms with van der Waals surface area (Å²) in [6.07, 6.45) is 0. The fraction of sp³-hybridized carbons (Fsp3) is 0. The molecule has 11 aromatic rings. The Morgan fingerprint density at radius 1 is 0.400 bits per heavy atom. The van der Waals surface area contributed by atoms with Gasteiger partial charge in [0.25, 0.3) is 0 Å². The fourth-order valence-electron chi connectivity index (χ4n) is 7.87. The van der Waals surface area contributed by atoms with Crippen LogP contribution in [0, 0.1) is 0 Å². The Balaban J connectivity index is 1.40. The molecule has 50 heavy (non-hydrogen) atoms. The number of hydrogen-bond donors (Lipinski definition) is 0. The fourth-order valence-corrected chi connectivity index (χ4v) is 7.87. The van der Waals surface area contributed by atoms with E-state index in [0.29, 0.717) is 17.6 Å². The van der Waals surface area contributed by atoms with E-state index in [9.17, 15) is 0 Å². The summed E-state index contributed by atoms with van der Waals surface area (Å²) in [6, 6.07) is 54.8. The second kappa shape index (κ2) is 10.3. The normalized spacial score (nSPS) is 12.0. The maximum atomic E-state index is 6.89. The third kappa shape index (κ3) is 3.80. The van der Waals surface area contributed by atoms with Gasteiger partial charge in [-0.05, 0) is 45.3 Å². The van der Waals surface area contributed by atoms with Gasteiger partial charge in [-0.15, -0.1) is 0 Å². The minimum atomic E-state index is 0.564. The van der Waals surface area contributed by atoms with Gasteiger partial charge in [0.1, 0.15) is 11.2 Å². The minimum Gasteiger partial charge on any atom is -0.455 e. The summed E-state index contributed by atoms with van der Waals surface area (Å²) in [5.41, 5.74) is 7.76. The lowest BCUT2D eigenvalue weighted by molar-refractivity contribution is 0.670. The van der Waals surface area contributed by atoms with Crippen molar-refractivity contribution in [2.75, 3.05) is 0 Å². The van der Waals surface area contributed by atoms with Crippen LogP contribution < -0.4 is 0 Å². The van der Waals surface area contributed by atoms with E-state index < -0.39 is 0 Å². The predicted molar refractivity (Wildman–Crippen MR) is 204 cm³/mol. The van der Waals surface area contributed by atoms with Crippen molar-refractivity contribution >= 4 is 65.3 Å². The van der Waals surface area contributed by atoms with Crippen LogP contribution in [0.15, 0.2) is 162 Å². The second-order valence-electron chi connectivity index (χ2n) is 12.8. The number of hydrogen-bond acceptors (Lipinski definition) is 4. The standard InChI is InChI=1S/C45H26N4O/c1-4-14-27(15-5-1)34-26-36-40-38-32(30-20-10-11-21-31(30)33-23-13-25-37-39(33)41(40)42(34)50-37)22-12-24-35(38)49(36)45-47-43(28-16-6-2-7-17-28)46-44(48-45)29-18-8-3-9-19-29/h1-26H. The maximum Gasteiger partial charge on any atom is 0.238 e. The minimum absolute atomic E-state index is 0.564. The summed E-state index contributed by atoms with van der Waals surface area (Å²) in [5, 5.41) is 9.21. The molecule has 232 valence electrons. The van der Waals surface area contributed by atoms with Crippen LogP contribution in [0.2, 0.25) is 0 Å². The molecule has 0 aliphatic carbocycles. The van der Waals surface area contributed by atoms with Crippen molar-refractivity contribution < 1.29 is 4.42 Å². The molecular formula is C45H26N4O. The van der Waals surface area contributed by atoms with Crippen LogP contribution in [-0.4, -0.2) is 19.5 Å². The highest BCUT2D eigenvalue weighted by molar-refractivity contribution is 6.39. The summed E-state index contributed by atoms with van der Waals surface area (Å²) in [7, 11) is 0. The molecule has 0 fully saturated rings. The molecular weight excluding hydrogens is 613 g/mol. The number of rotatable bonds is 4. The number of fused-ring (bicyclic) bond motifs is 3. The van der Waals surface area contributed by atoms with E-state index >= 15 is 0 Å². The van der Waals surface area contributed by atoms with Crippen LogP contribution in [0.5, 0.6) is 0 Å². The van der Waals surface area contributed by atoms with Gasteiger partial charge in [0.2, 0.25) is 5.95 Å². The maximum absolute atomic E-state index is 6.89. The van der Waals surface area contributed by atoms with Crippen molar-refractivity contribution in [3.8, 4) is 39.9 Å². The largest absolute Gasteiger partial charge is 0.455 e. The Bertz CT molecular complexity index is 3010. The monoisotopic (exact) mass is 638 g/mol. The molecule has 3 heterocycles. The van der Waals surface area contributed by atoms with Gasteiger partial charge in [0.05, 0.1) is 11.0 Å². The van der Waals surface area contributed by atoms with Crippen molar-refractivity contribution in [3.63, 3.8) is 0 Å². The molecule has 0 spiro atoms. The van der Waals surface area contributed by atoms with Crippen molar-refractivity contribution in [2.24, 2.45) is 0 Å². The van der Waals surface area contributed by atoms with Crippen molar-refractivity contribution in [1.82, 2.24) is 19.5 Å². The zero-order chi connectivity index (χ0) is 32.8. The first-order chi connectivity index (χ1) is 24.8. The smallest absolute Gasteiger partial charge is 0.238 e. The highest BCUT2D eigenvalue weighted by Crippen LogP contribution is 2.49. The van der Waals surface area contributed by atoms with Gasteiger partial charge >= 0.3 is 0 Å². The first-order valence-electron chi connectivity index (χ1n) is 16.8. The van der Waals surface area contributed by atoms with Crippen LogP contribution in [0.25, 0.3) is 105 Å². The third-order valence-electron chi connectivity index (χ3n) is 10.0. The molecule has 3 aromatic heterocycles. The summed E-state index contributed by atoms with van der Waals surface area (Å²) >= 11 is 0. The summed E-state index contributed by atoms with van der Waals surface area (Å²) < 4.78 is 9.13. The second-order valence-corrected chi connectivity index (χ2v) is 12.8. The molecule has 0 amide bonds. The van der Waals surface area contributed by atoms with E-state index in [1.807, 2.05) is 60.7 Å². The van der Waals surface area contributed by atoms with Crippen molar-refractivity contribution in [3.05, 3.63) is 158 Å². The topological polar surface area (TPSA) is 56.7 Å².